The van der Waals surface area contributed by atoms with Crippen LogP contribution in [-0.2, 0) is 15.8 Å². The number of hydrogen-bond acceptors (Lipinski definition) is 10. The topological polar surface area (TPSA) is 159 Å². The minimum atomic E-state index is -3.76. The molecule has 1 aliphatic carbocycles. The van der Waals surface area contributed by atoms with Crippen LogP contribution < -0.4 is 15.6 Å². The summed E-state index contributed by atoms with van der Waals surface area (Å²) >= 11 is 0. The summed E-state index contributed by atoms with van der Waals surface area (Å²) in [5.41, 5.74) is 2.19. The van der Waals surface area contributed by atoms with Gasteiger partial charge >= 0.3 is 0 Å². The van der Waals surface area contributed by atoms with Crippen LogP contribution in [0.5, 0.6) is 0 Å². The quantitative estimate of drug-likeness (QED) is 0.288. The molecule has 0 bridgehead atoms. The van der Waals surface area contributed by atoms with Crippen molar-refractivity contribution in [3.05, 3.63) is 70.3 Å². The first-order valence-corrected chi connectivity index (χ1v) is 15.9. The molecule has 1 aliphatic rings. The van der Waals surface area contributed by atoms with Crippen molar-refractivity contribution < 1.29 is 8.42 Å². The van der Waals surface area contributed by atoms with Crippen molar-refractivity contribution in [1.82, 2.24) is 29.4 Å². The summed E-state index contributed by atoms with van der Waals surface area (Å²) in [5.74, 6) is 0.311. The zero-order chi connectivity index (χ0) is 30.7. The van der Waals surface area contributed by atoms with E-state index in [0.29, 0.717) is 39.8 Å². The van der Waals surface area contributed by atoms with Crippen molar-refractivity contribution >= 4 is 33.0 Å². The third-order valence-electron chi connectivity index (χ3n) is 7.65. The predicted molar refractivity (Wildman–Crippen MR) is 166 cm³/mol. The van der Waals surface area contributed by atoms with Crippen molar-refractivity contribution in [1.29, 1.82) is 5.26 Å². The Labute approximate surface area is 250 Å². The summed E-state index contributed by atoms with van der Waals surface area (Å²) in [6.07, 6.45) is 7.29. The molecule has 0 atom stereocenters. The van der Waals surface area contributed by atoms with Gasteiger partial charge in [-0.25, -0.2) is 23.4 Å². The Bertz CT molecular complexity index is 1810. The predicted octanol–water partition coefficient (Wildman–Crippen LogP) is 3.93. The lowest BCUT2D eigenvalue weighted by molar-refractivity contribution is 0.221. The van der Waals surface area contributed by atoms with Crippen molar-refractivity contribution in [2.45, 2.75) is 63.4 Å². The molecule has 0 unspecified atom stereocenters. The number of nitrogens with one attached hydrogen (secondary N) is 2. The van der Waals surface area contributed by atoms with Gasteiger partial charge in [0.1, 0.15) is 17.0 Å². The lowest BCUT2D eigenvalue weighted by Gasteiger charge is -2.32. The van der Waals surface area contributed by atoms with Gasteiger partial charge in [0.2, 0.25) is 16.0 Å². The van der Waals surface area contributed by atoms with Crippen molar-refractivity contribution in [3.8, 4) is 17.3 Å². The molecule has 43 heavy (non-hydrogen) atoms. The van der Waals surface area contributed by atoms with Crippen LogP contribution in [0, 0.1) is 11.3 Å². The van der Waals surface area contributed by atoms with E-state index in [9.17, 15) is 13.2 Å². The van der Waals surface area contributed by atoms with Gasteiger partial charge < -0.3 is 10.2 Å². The molecular formula is C30H35N9O3S. The van der Waals surface area contributed by atoms with Crippen molar-refractivity contribution in [3.63, 3.8) is 0 Å². The lowest BCUT2D eigenvalue weighted by atomic mass is 9.91. The van der Waals surface area contributed by atoms with E-state index in [4.69, 9.17) is 10.2 Å². The maximum Gasteiger partial charge on any atom is 0.279 e. The fourth-order valence-corrected chi connectivity index (χ4v) is 6.48. The highest BCUT2D eigenvalue weighted by molar-refractivity contribution is 7.91. The zero-order valence-corrected chi connectivity index (χ0v) is 25.5. The van der Waals surface area contributed by atoms with Gasteiger partial charge in [-0.1, -0.05) is 12.1 Å². The molecule has 1 aromatic carbocycles. The minimum Gasteiger partial charge on any atom is -0.351 e. The summed E-state index contributed by atoms with van der Waals surface area (Å²) in [6.45, 7) is 3.82. The molecule has 0 amide bonds. The van der Waals surface area contributed by atoms with Crippen LogP contribution in [0.4, 0.5) is 11.8 Å². The number of rotatable bonds is 9. The Morgan fingerprint density at radius 3 is 2.35 bits per heavy atom. The molecule has 1 saturated carbocycles. The summed E-state index contributed by atoms with van der Waals surface area (Å²) in [7, 11) is 0.468. The molecule has 0 spiro atoms. The molecule has 1 fully saturated rings. The highest BCUT2D eigenvalue weighted by Crippen LogP contribution is 2.25. The third kappa shape index (κ3) is 6.98. The van der Waals surface area contributed by atoms with E-state index in [0.717, 1.165) is 25.7 Å². The van der Waals surface area contributed by atoms with E-state index < -0.39 is 10.0 Å². The first-order chi connectivity index (χ1) is 20.5. The van der Waals surface area contributed by atoms with Crippen molar-refractivity contribution in [2.75, 3.05) is 24.1 Å². The zero-order valence-electron chi connectivity index (χ0n) is 24.6. The number of hydrogen-bond donors (Lipinski definition) is 2. The number of anilines is 2. The Morgan fingerprint density at radius 2 is 1.74 bits per heavy atom. The molecule has 13 heteroatoms. The second kappa shape index (κ2) is 12.4. The Balaban J connectivity index is 1.36. The van der Waals surface area contributed by atoms with E-state index in [2.05, 4.69) is 44.0 Å². The van der Waals surface area contributed by atoms with Gasteiger partial charge in [0.25, 0.3) is 5.56 Å². The smallest absolute Gasteiger partial charge is 0.279 e. The average molecular weight is 602 g/mol. The van der Waals surface area contributed by atoms with Crippen LogP contribution in [0.1, 0.15) is 56.7 Å². The molecular weight excluding hydrogens is 566 g/mol. The number of pyridine rings is 1. The minimum absolute atomic E-state index is 0.112. The van der Waals surface area contributed by atoms with E-state index >= 15 is 0 Å². The summed E-state index contributed by atoms with van der Waals surface area (Å²) < 4.78 is 29.4. The van der Waals surface area contributed by atoms with Gasteiger partial charge in [0, 0.05) is 29.9 Å². The van der Waals surface area contributed by atoms with Crippen molar-refractivity contribution in [2.24, 2.45) is 0 Å². The molecule has 2 N–H and O–H groups in total. The fourth-order valence-electron chi connectivity index (χ4n) is 5.34. The van der Waals surface area contributed by atoms with Crippen LogP contribution in [0.2, 0.25) is 0 Å². The van der Waals surface area contributed by atoms with E-state index in [1.165, 1.54) is 12.3 Å². The second-order valence-electron chi connectivity index (χ2n) is 11.3. The molecule has 3 aromatic heterocycles. The summed E-state index contributed by atoms with van der Waals surface area (Å²) in [4.78, 5) is 33.9. The number of nitrogens with zero attached hydrogens (tertiary/aromatic N) is 7. The van der Waals surface area contributed by atoms with E-state index in [-0.39, 0.29) is 34.9 Å². The first kappa shape index (κ1) is 30.1. The maximum atomic E-state index is 13.6. The van der Waals surface area contributed by atoms with Gasteiger partial charge in [-0.2, -0.15) is 10.2 Å². The SMILES string of the molecule is CC(C)n1c(=O)c(-c2ccc(NS(=O)(=O)Cc3ccc(C#N)cc3)nc2)nc2cnc(N[C@H]3CC[C@H](N(C)C)CC3)nc21. The van der Waals surface area contributed by atoms with Crippen LogP contribution in [0.25, 0.3) is 22.4 Å². The molecule has 3 heterocycles. The summed E-state index contributed by atoms with van der Waals surface area (Å²) in [5, 5.41) is 12.4. The standard InChI is InChI=1S/C30H35N9O3S/c1-19(2)39-28-25(17-33-30(36-28)34-23-10-12-24(13-11-23)38(3)4)35-27(29(39)40)22-9-14-26(32-16-22)37-43(41,42)18-21-7-5-20(15-31)6-8-21/h5-9,14,16-17,19,23-24H,10-13,18H2,1-4H3,(H,32,37)(H,33,34,36)/t23-,24-. The van der Waals surface area contributed by atoms with E-state index in [1.54, 1.807) is 41.1 Å². The molecule has 5 rings (SSSR count). The maximum absolute atomic E-state index is 13.6. The van der Waals surface area contributed by atoms with Gasteiger partial charge in [-0.15, -0.1) is 0 Å². The van der Waals surface area contributed by atoms with Gasteiger partial charge in [0.15, 0.2) is 5.65 Å². The van der Waals surface area contributed by atoms with Crippen LogP contribution >= 0.6 is 0 Å². The highest BCUT2D eigenvalue weighted by Gasteiger charge is 2.24. The fraction of sp³-hybridized carbons (Fsp3) is 0.400. The lowest BCUT2D eigenvalue weighted by Crippen LogP contribution is -2.36. The number of nitriles is 1. The van der Waals surface area contributed by atoms with E-state index in [1.807, 2.05) is 19.9 Å². The molecule has 4 aromatic rings. The summed E-state index contributed by atoms with van der Waals surface area (Å²) in [6, 6.07) is 12.1. The van der Waals surface area contributed by atoms with Crippen LogP contribution in [0.15, 0.2) is 53.6 Å². The average Bonchev–Trinajstić information content (AvgIpc) is 2.97. The number of fused-ring (bicyclic) bond motifs is 1. The third-order valence-corrected chi connectivity index (χ3v) is 8.88. The molecule has 0 saturated heterocycles. The van der Waals surface area contributed by atoms with Gasteiger partial charge in [-0.3, -0.25) is 14.1 Å². The van der Waals surface area contributed by atoms with Crippen LogP contribution in [-0.4, -0.2) is 64.0 Å². The number of aromatic nitrogens is 5. The largest absolute Gasteiger partial charge is 0.351 e. The van der Waals surface area contributed by atoms with Crippen LogP contribution in [0.3, 0.4) is 0 Å². The first-order valence-electron chi connectivity index (χ1n) is 14.2. The molecule has 12 nitrogen and oxygen atoms in total. The number of benzene rings is 1. The van der Waals surface area contributed by atoms with Gasteiger partial charge in [0.05, 0.1) is 23.6 Å². The molecule has 0 radical (unpaired) electrons. The molecule has 224 valence electrons. The Morgan fingerprint density at radius 1 is 1.02 bits per heavy atom. The van der Waals surface area contributed by atoms with Gasteiger partial charge in [-0.05, 0) is 83.5 Å². The Hall–Kier alpha value is -4.41. The molecule has 0 aliphatic heterocycles. The number of sulfonamides is 1. The highest BCUT2D eigenvalue weighted by atomic mass is 32.2. The Kier molecular flexibility index (Phi) is 8.70. The second-order valence-corrected chi connectivity index (χ2v) is 13.1. The monoisotopic (exact) mass is 601 g/mol. The normalized spacial score (nSPS) is 17.2.